The first-order valence-corrected chi connectivity index (χ1v) is 7.04. The Balaban J connectivity index is 1.76. The van der Waals surface area contributed by atoms with E-state index in [0.29, 0.717) is 10.6 Å². The zero-order valence-electron chi connectivity index (χ0n) is 11.5. The van der Waals surface area contributed by atoms with Crippen LogP contribution in [0.2, 0.25) is 5.02 Å². The highest BCUT2D eigenvalue weighted by Gasteiger charge is 2.03. The number of rotatable bonds is 3. The van der Waals surface area contributed by atoms with Crippen LogP contribution in [-0.2, 0) is 0 Å². The summed E-state index contributed by atoms with van der Waals surface area (Å²) in [7, 11) is 0. The molecule has 0 unspecified atom stereocenters. The van der Waals surface area contributed by atoms with E-state index in [-0.39, 0.29) is 5.91 Å². The zero-order valence-corrected chi connectivity index (χ0v) is 12.3. The van der Waals surface area contributed by atoms with Crippen LogP contribution < -0.4 is 5.43 Å². The smallest absolute Gasteiger partial charge is 0.267 e. The number of halogens is 1. The van der Waals surface area contributed by atoms with Crippen LogP contribution in [0.15, 0.2) is 65.9 Å². The van der Waals surface area contributed by atoms with Crippen LogP contribution in [0.5, 0.6) is 0 Å². The van der Waals surface area contributed by atoms with Gasteiger partial charge in [-0.1, -0.05) is 35.9 Å². The molecule has 0 radical (unpaired) electrons. The molecule has 0 aliphatic rings. The summed E-state index contributed by atoms with van der Waals surface area (Å²) in [4.78, 5) is 16.3. The highest BCUT2D eigenvalue weighted by Crippen LogP contribution is 2.14. The summed E-state index contributed by atoms with van der Waals surface area (Å²) in [6, 6.07) is 16.3. The first-order valence-electron chi connectivity index (χ1n) is 6.67. The van der Waals surface area contributed by atoms with Crippen molar-refractivity contribution in [3.05, 3.63) is 76.9 Å². The number of aromatic nitrogens is 1. The van der Waals surface area contributed by atoms with Crippen LogP contribution in [0, 0.1) is 0 Å². The van der Waals surface area contributed by atoms with Gasteiger partial charge in [0.05, 0.1) is 11.7 Å². The van der Waals surface area contributed by atoms with Gasteiger partial charge in [0, 0.05) is 27.7 Å². The predicted octanol–water partition coefficient (Wildman–Crippen LogP) is 3.65. The number of nitrogens with one attached hydrogen (secondary N) is 1. The Kier molecular flexibility index (Phi) is 4.12. The maximum absolute atomic E-state index is 11.9. The van der Waals surface area contributed by atoms with Gasteiger partial charge in [0.25, 0.3) is 5.91 Å². The van der Waals surface area contributed by atoms with E-state index in [1.54, 1.807) is 36.7 Å². The maximum atomic E-state index is 11.9. The van der Waals surface area contributed by atoms with Crippen LogP contribution >= 0.6 is 11.6 Å². The lowest BCUT2D eigenvalue weighted by molar-refractivity contribution is 0.0955. The van der Waals surface area contributed by atoms with Gasteiger partial charge in [-0.25, -0.2) is 5.43 Å². The number of hydrogen-bond donors (Lipinski definition) is 1. The minimum atomic E-state index is -0.291. The maximum Gasteiger partial charge on any atom is 0.271 e. The van der Waals surface area contributed by atoms with Gasteiger partial charge in [0.2, 0.25) is 0 Å². The molecular formula is C17H12ClN3O. The Hall–Kier alpha value is -2.72. The lowest BCUT2D eigenvalue weighted by Crippen LogP contribution is -2.17. The lowest BCUT2D eigenvalue weighted by atomic mass is 10.1. The number of benzene rings is 2. The minimum Gasteiger partial charge on any atom is -0.267 e. The summed E-state index contributed by atoms with van der Waals surface area (Å²) >= 11 is 5.79. The normalized spacial score (nSPS) is 11.0. The van der Waals surface area contributed by atoms with Crippen LogP contribution in [0.4, 0.5) is 0 Å². The zero-order chi connectivity index (χ0) is 15.4. The van der Waals surface area contributed by atoms with Gasteiger partial charge in [-0.2, -0.15) is 5.10 Å². The molecule has 0 fully saturated rings. The third-order valence-electron chi connectivity index (χ3n) is 3.14. The van der Waals surface area contributed by atoms with Gasteiger partial charge in [-0.15, -0.1) is 0 Å². The molecule has 3 aromatic rings. The molecule has 0 atom stereocenters. The van der Waals surface area contributed by atoms with Crippen molar-refractivity contribution in [3.8, 4) is 0 Å². The quantitative estimate of drug-likeness (QED) is 0.593. The molecular weight excluding hydrogens is 298 g/mol. The largest absolute Gasteiger partial charge is 0.271 e. The monoisotopic (exact) mass is 309 g/mol. The molecule has 4 nitrogen and oxygen atoms in total. The number of pyridine rings is 1. The van der Waals surface area contributed by atoms with E-state index in [4.69, 9.17) is 11.6 Å². The summed E-state index contributed by atoms with van der Waals surface area (Å²) in [5.74, 6) is -0.291. The number of fused-ring (bicyclic) bond motifs is 1. The number of hydrogen-bond acceptors (Lipinski definition) is 3. The van der Waals surface area contributed by atoms with Crippen molar-refractivity contribution in [2.45, 2.75) is 0 Å². The van der Waals surface area contributed by atoms with Crippen LogP contribution in [0.1, 0.15) is 15.9 Å². The highest BCUT2D eigenvalue weighted by molar-refractivity contribution is 6.30. The van der Waals surface area contributed by atoms with Crippen LogP contribution in [0.3, 0.4) is 0 Å². The van der Waals surface area contributed by atoms with Gasteiger partial charge >= 0.3 is 0 Å². The van der Waals surface area contributed by atoms with E-state index >= 15 is 0 Å². The van der Waals surface area contributed by atoms with E-state index in [1.165, 1.54) is 0 Å². The lowest BCUT2D eigenvalue weighted by Gasteiger charge is -2.01. The third-order valence-corrected chi connectivity index (χ3v) is 3.39. The molecule has 0 aliphatic carbocycles. The highest BCUT2D eigenvalue weighted by atomic mass is 35.5. The summed E-state index contributed by atoms with van der Waals surface area (Å²) in [5, 5.41) is 5.60. The Labute approximate surface area is 132 Å². The molecule has 1 heterocycles. The van der Waals surface area contributed by atoms with Gasteiger partial charge < -0.3 is 0 Å². The van der Waals surface area contributed by atoms with Crippen molar-refractivity contribution >= 4 is 34.6 Å². The Morgan fingerprint density at radius 3 is 2.68 bits per heavy atom. The fraction of sp³-hybridized carbons (Fsp3) is 0. The number of carbonyl (C=O) groups is 1. The predicted molar refractivity (Wildman–Crippen MR) is 88.3 cm³/mol. The fourth-order valence-corrected chi connectivity index (χ4v) is 2.18. The number of nitrogens with zero attached hydrogens (tertiary/aromatic N) is 2. The minimum absolute atomic E-state index is 0.291. The molecule has 1 aromatic heterocycles. The van der Waals surface area contributed by atoms with Crippen molar-refractivity contribution < 1.29 is 4.79 Å². The van der Waals surface area contributed by atoms with Crippen LogP contribution in [0.25, 0.3) is 10.9 Å². The summed E-state index contributed by atoms with van der Waals surface area (Å²) < 4.78 is 0. The van der Waals surface area contributed by atoms with E-state index in [9.17, 15) is 4.79 Å². The molecule has 1 amide bonds. The second-order valence-electron chi connectivity index (χ2n) is 4.63. The molecule has 2 aromatic carbocycles. The second kappa shape index (κ2) is 6.37. The molecule has 0 saturated heterocycles. The van der Waals surface area contributed by atoms with Crippen molar-refractivity contribution in [2.24, 2.45) is 5.10 Å². The number of para-hydroxylation sites is 1. The summed E-state index contributed by atoms with van der Waals surface area (Å²) in [6.45, 7) is 0. The molecule has 0 saturated carbocycles. The average molecular weight is 310 g/mol. The number of hydrazone groups is 1. The summed E-state index contributed by atoms with van der Waals surface area (Å²) in [6.07, 6.45) is 3.31. The van der Waals surface area contributed by atoms with Crippen molar-refractivity contribution in [3.63, 3.8) is 0 Å². The van der Waals surface area contributed by atoms with Gasteiger partial charge in [-0.3, -0.25) is 9.78 Å². The third kappa shape index (κ3) is 3.13. The first-order chi connectivity index (χ1) is 10.7. The standard InChI is InChI=1S/C17H12ClN3O/c18-15-8-6-13(7-9-15)17(22)21-20-11-14-4-1-3-12-5-2-10-19-16(12)14/h1-11H,(H,21,22). The van der Waals surface area contributed by atoms with Gasteiger partial charge in [0.1, 0.15) is 0 Å². The Morgan fingerprint density at radius 2 is 1.86 bits per heavy atom. The van der Waals surface area contributed by atoms with E-state index < -0.39 is 0 Å². The van der Waals surface area contributed by atoms with Crippen molar-refractivity contribution in [1.82, 2.24) is 10.4 Å². The Morgan fingerprint density at radius 1 is 1.09 bits per heavy atom. The second-order valence-corrected chi connectivity index (χ2v) is 5.06. The topological polar surface area (TPSA) is 54.4 Å². The van der Waals surface area contributed by atoms with Crippen molar-refractivity contribution in [1.29, 1.82) is 0 Å². The summed E-state index contributed by atoms with van der Waals surface area (Å²) in [5.41, 5.74) is 4.67. The number of amides is 1. The van der Waals surface area contributed by atoms with E-state index in [0.717, 1.165) is 16.5 Å². The van der Waals surface area contributed by atoms with Gasteiger partial charge in [-0.05, 0) is 30.3 Å². The molecule has 108 valence electrons. The molecule has 3 rings (SSSR count). The van der Waals surface area contributed by atoms with E-state index in [2.05, 4.69) is 15.5 Å². The van der Waals surface area contributed by atoms with Crippen LogP contribution in [-0.4, -0.2) is 17.1 Å². The SMILES string of the molecule is O=C(NN=Cc1cccc2cccnc12)c1ccc(Cl)cc1. The molecule has 5 heteroatoms. The number of carbonyl (C=O) groups excluding carboxylic acids is 1. The molecule has 1 N–H and O–H groups in total. The Bertz CT molecular complexity index is 839. The molecule has 22 heavy (non-hydrogen) atoms. The molecule has 0 spiro atoms. The molecule has 0 bridgehead atoms. The first kappa shape index (κ1) is 14.2. The molecule has 0 aliphatic heterocycles. The fourth-order valence-electron chi connectivity index (χ4n) is 2.06. The van der Waals surface area contributed by atoms with Gasteiger partial charge in [0.15, 0.2) is 0 Å². The van der Waals surface area contributed by atoms with E-state index in [1.807, 2.05) is 30.3 Å². The van der Waals surface area contributed by atoms with Crippen molar-refractivity contribution in [2.75, 3.05) is 0 Å². The average Bonchev–Trinajstić information content (AvgIpc) is 2.55.